The van der Waals surface area contributed by atoms with Crippen LogP contribution in [0.2, 0.25) is 0 Å². The van der Waals surface area contributed by atoms with E-state index >= 15 is 0 Å². The van der Waals surface area contributed by atoms with Gasteiger partial charge >= 0.3 is 5.97 Å². The Bertz CT molecular complexity index is 844. The molecule has 0 saturated heterocycles. The molecule has 0 N–H and O–H groups in total. The molecule has 0 amide bonds. The van der Waals surface area contributed by atoms with Gasteiger partial charge in [0.2, 0.25) is 0 Å². The molecule has 1 heterocycles. The van der Waals surface area contributed by atoms with Crippen molar-refractivity contribution in [3.05, 3.63) is 45.0 Å². The molecule has 2 unspecified atom stereocenters. The molecule has 1 aliphatic heterocycles. The van der Waals surface area contributed by atoms with Crippen LogP contribution in [0, 0.1) is 16.0 Å². The van der Waals surface area contributed by atoms with Crippen molar-refractivity contribution >= 4 is 5.97 Å². The highest BCUT2D eigenvalue weighted by molar-refractivity contribution is 5.73. The maximum Gasteiger partial charge on any atom is 0.311 e. The van der Waals surface area contributed by atoms with Crippen molar-refractivity contribution < 1.29 is 24.2 Å². The van der Waals surface area contributed by atoms with E-state index in [1.165, 1.54) is 5.57 Å². The van der Waals surface area contributed by atoms with Crippen LogP contribution in [0.25, 0.3) is 0 Å². The third-order valence-electron chi connectivity index (χ3n) is 6.03. The number of ether oxygens (including phenoxy) is 2. The first kappa shape index (κ1) is 22.1. The van der Waals surface area contributed by atoms with Crippen molar-refractivity contribution in [2.75, 3.05) is 6.61 Å². The number of aryl methyl sites for hydroxylation is 1. The van der Waals surface area contributed by atoms with Crippen LogP contribution in [-0.4, -0.2) is 23.3 Å². The van der Waals surface area contributed by atoms with Gasteiger partial charge in [0.05, 0.1) is 6.61 Å². The number of benzene rings is 1. The zero-order valence-electron chi connectivity index (χ0n) is 18.2. The number of rotatable bonds is 8. The summed E-state index contributed by atoms with van der Waals surface area (Å²) in [6, 6.07) is 4.05. The second-order valence-electron chi connectivity index (χ2n) is 8.80. The highest BCUT2D eigenvalue weighted by Gasteiger charge is 2.46. The van der Waals surface area contributed by atoms with Crippen molar-refractivity contribution in [2.24, 2.45) is 5.92 Å². The van der Waals surface area contributed by atoms with Crippen LogP contribution in [-0.2, 0) is 16.1 Å². The molecule has 0 radical (unpaired) electrons. The van der Waals surface area contributed by atoms with Crippen molar-refractivity contribution in [1.82, 2.24) is 0 Å². The summed E-state index contributed by atoms with van der Waals surface area (Å²) in [5, 5.41) is 9.40. The topological polar surface area (TPSA) is 87.9 Å². The van der Waals surface area contributed by atoms with Crippen molar-refractivity contribution in [1.29, 1.82) is 0 Å². The number of hydrogen-bond donors (Lipinski definition) is 0. The normalized spacial score (nSPS) is 21.5. The Morgan fingerprint density at radius 3 is 2.83 bits per heavy atom. The molecule has 0 aromatic heterocycles. The van der Waals surface area contributed by atoms with Gasteiger partial charge in [0.25, 0.3) is 5.09 Å². The van der Waals surface area contributed by atoms with Gasteiger partial charge in [-0.3, -0.25) is 4.79 Å². The standard InChI is InChI=1S/C23H31NO6/c1-5-7-16-13-19(29-21(25)8-6-11-28-24(26)27)22-17-12-15(2)9-10-18(17)23(3,4)30-20(22)14-16/h9,13-14,17-18H,5-8,10-12H2,1-4H3. The van der Waals surface area contributed by atoms with Gasteiger partial charge in [-0.1, -0.05) is 25.0 Å². The van der Waals surface area contributed by atoms with Gasteiger partial charge in [0, 0.05) is 23.8 Å². The van der Waals surface area contributed by atoms with E-state index < -0.39 is 11.1 Å². The molecule has 1 aromatic rings. The van der Waals surface area contributed by atoms with Crippen molar-refractivity contribution in [2.45, 2.75) is 77.7 Å². The SMILES string of the molecule is CCCc1cc(OC(=O)CCCO[N+](=O)[O-])c2c(c1)OC(C)(C)C1CC=C(C)CC21. The number of carbonyl (C=O) groups is 1. The lowest BCUT2D eigenvalue weighted by Crippen LogP contribution is -2.45. The zero-order valence-corrected chi connectivity index (χ0v) is 18.2. The first-order chi connectivity index (χ1) is 14.2. The van der Waals surface area contributed by atoms with Crippen LogP contribution in [0.1, 0.15) is 76.8 Å². The molecular formula is C23H31NO6. The van der Waals surface area contributed by atoms with Gasteiger partial charge < -0.3 is 14.3 Å². The Kier molecular flexibility index (Phi) is 6.68. The lowest BCUT2D eigenvalue weighted by atomic mass is 9.67. The summed E-state index contributed by atoms with van der Waals surface area (Å²) in [7, 11) is 0. The first-order valence-electron chi connectivity index (χ1n) is 10.7. The van der Waals surface area contributed by atoms with Crippen LogP contribution < -0.4 is 9.47 Å². The first-order valence-corrected chi connectivity index (χ1v) is 10.7. The van der Waals surface area contributed by atoms with Crippen LogP contribution in [0.15, 0.2) is 23.8 Å². The fraction of sp³-hybridized carbons (Fsp3) is 0.609. The number of esters is 1. The molecule has 1 aliphatic carbocycles. The van der Waals surface area contributed by atoms with Gasteiger partial charge in [-0.25, -0.2) is 0 Å². The van der Waals surface area contributed by atoms with E-state index in [2.05, 4.69) is 44.7 Å². The minimum atomic E-state index is -0.853. The average molecular weight is 418 g/mol. The van der Waals surface area contributed by atoms with E-state index in [-0.39, 0.29) is 31.0 Å². The third-order valence-corrected chi connectivity index (χ3v) is 6.03. The lowest BCUT2D eigenvalue weighted by molar-refractivity contribution is -0.757. The smallest absolute Gasteiger partial charge is 0.311 e. The molecule has 3 rings (SSSR count). The molecule has 2 atom stereocenters. The molecular weight excluding hydrogens is 386 g/mol. The molecule has 7 nitrogen and oxygen atoms in total. The zero-order chi connectivity index (χ0) is 21.9. The van der Waals surface area contributed by atoms with E-state index in [1.54, 1.807) is 0 Å². The average Bonchev–Trinajstić information content (AvgIpc) is 2.64. The molecule has 30 heavy (non-hydrogen) atoms. The molecule has 0 fully saturated rings. The Hall–Kier alpha value is -2.57. The van der Waals surface area contributed by atoms with Gasteiger partial charge in [-0.15, -0.1) is 10.1 Å². The number of hydrogen-bond acceptors (Lipinski definition) is 6. The quantitative estimate of drug-likeness (QED) is 0.145. The summed E-state index contributed by atoms with van der Waals surface area (Å²) in [6.07, 6.45) is 6.26. The van der Waals surface area contributed by atoms with E-state index in [4.69, 9.17) is 9.47 Å². The Balaban J connectivity index is 1.89. The molecule has 164 valence electrons. The summed E-state index contributed by atoms with van der Waals surface area (Å²) in [4.78, 5) is 27.0. The Labute approximate surface area is 177 Å². The fourth-order valence-corrected chi connectivity index (χ4v) is 4.65. The predicted octanol–water partition coefficient (Wildman–Crippen LogP) is 5.14. The monoisotopic (exact) mass is 417 g/mol. The number of allylic oxidation sites excluding steroid dienone is 2. The lowest BCUT2D eigenvalue weighted by Gasteiger charge is -2.47. The summed E-state index contributed by atoms with van der Waals surface area (Å²) in [6.45, 7) is 8.40. The predicted molar refractivity (Wildman–Crippen MR) is 112 cm³/mol. The summed E-state index contributed by atoms with van der Waals surface area (Å²) in [5.41, 5.74) is 3.09. The Morgan fingerprint density at radius 1 is 1.37 bits per heavy atom. The second kappa shape index (κ2) is 9.06. The summed E-state index contributed by atoms with van der Waals surface area (Å²) in [5.74, 6) is 1.49. The highest BCUT2D eigenvalue weighted by Crippen LogP contribution is 2.54. The fourth-order valence-electron chi connectivity index (χ4n) is 4.65. The minimum absolute atomic E-state index is 0.0556. The van der Waals surface area contributed by atoms with Crippen molar-refractivity contribution in [3.8, 4) is 11.5 Å². The van der Waals surface area contributed by atoms with Crippen molar-refractivity contribution in [3.63, 3.8) is 0 Å². The number of fused-ring (bicyclic) bond motifs is 3. The van der Waals surface area contributed by atoms with Crippen LogP contribution in [0.4, 0.5) is 0 Å². The maximum atomic E-state index is 12.5. The van der Waals surface area contributed by atoms with Gasteiger partial charge in [-0.2, -0.15) is 0 Å². The minimum Gasteiger partial charge on any atom is -0.487 e. The Morgan fingerprint density at radius 2 is 2.13 bits per heavy atom. The van der Waals surface area contributed by atoms with E-state index in [0.717, 1.165) is 42.6 Å². The second-order valence-corrected chi connectivity index (χ2v) is 8.80. The maximum absolute atomic E-state index is 12.5. The largest absolute Gasteiger partial charge is 0.487 e. The van der Waals surface area contributed by atoms with E-state index in [0.29, 0.717) is 11.7 Å². The molecule has 0 spiro atoms. The summed E-state index contributed by atoms with van der Waals surface area (Å²) >= 11 is 0. The van der Waals surface area contributed by atoms with Gasteiger partial charge in [0.1, 0.15) is 17.1 Å². The molecule has 0 bridgehead atoms. The van der Waals surface area contributed by atoms with Gasteiger partial charge in [0.15, 0.2) is 0 Å². The molecule has 0 saturated carbocycles. The van der Waals surface area contributed by atoms with Crippen LogP contribution >= 0.6 is 0 Å². The third kappa shape index (κ3) is 4.94. The molecule has 1 aromatic carbocycles. The number of carbonyl (C=O) groups excluding carboxylic acids is 1. The van der Waals surface area contributed by atoms with E-state index in [1.807, 2.05) is 6.07 Å². The van der Waals surface area contributed by atoms with Crippen LogP contribution in [0.5, 0.6) is 11.5 Å². The van der Waals surface area contributed by atoms with Gasteiger partial charge in [-0.05, 0) is 64.2 Å². The van der Waals surface area contributed by atoms with E-state index in [9.17, 15) is 14.9 Å². The molecule has 7 heteroatoms. The molecule has 2 aliphatic rings. The van der Waals surface area contributed by atoms with Crippen LogP contribution in [0.3, 0.4) is 0 Å². The number of nitrogens with zero attached hydrogens (tertiary/aromatic N) is 1. The summed E-state index contributed by atoms with van der Waals surface area (Å²) < 4.78 is 12.2. The highest BCUT2D eigenvalue weighted by atomic mass is 16.9.